The van der Waals surface area contributed by atoms with Crippen molar-refractivity contribution in [3.63, 3.8) is 0 Å². The molecular weight excluding hydrogens is 454 g/mol. The predicted octanol–water partition coefficient (Wildman–Crippen LogP) is 5.43. The molecule has 180 valence electrons. The van der Waals surface area contributed by atoms with Gasteiger partial charge in [-0.05, 0) is 59.9 Å². The zero-order valence-electron chi connectivity index (χ0n) is 19.7. The van der Waals surface area contributed by atoms with Crippen molar-refractivity contribution in [3.8, 4) is 5.75 Å². The molecule has 0 radical (unpaired) electrons. The first kappa shape index (κ1) is 24.1. The summed E-state index contributed by atoms with van der Waals surface area (Å²) >= 11 is 0. The zero-order valence-corrected chi connectivity index (χ0v) is 19.7. The molecule has 1 saturated heterocycles. The highest BCUT2D eigenvalue weighted by Crippen LogP contribution is 2.43. The number of aryl methyl sites for hydroxylation is 1. The minimum absolute atomic E-state index is 0.0202. The number of hydrogen-bond acceptors (Lipinski definition) is 5. The number of carbonyl (C=O) groups is 2. The van der Waals surface area contributed by atoms with Gasteiger partial charge in [-0.15, -0.1) is 0 Å². The number of methoxy groups -OCH3 is 1. The number of Topliss-reactive ketones (excluding diaryl/α,β-unsaturated/α-hetero) is 1. The van der Waals surface area contributed by atoms with Crippen molar-refractivity contribution in [2.24, 2.45) is 0 Å². The second-order valence-corrected chi connectivity index (χ2v) is 8.62. The molecular formula is C27H24F2N2O4. The third kappa shape index (κ3) is 4.16. The molecule has 1 N–H and O–H groups in total. The van der Waals surface area contributed by atoms with Gasteiger partial charge in [-0.2, -0.15) is 0 Å². The molecule has 2 aromatic carbocycles. The van der Waals surface area contributed by atoms with Crippen molar-refractivity contribution in [1.82, 2.24) is 4.98 Å². The molecule has 0 saturated carbocycles. The fourth-order valence-electron chi connectivity index (χ4n) is 4.31. The summed E-state index contributed by atoms with van der Waals surface area (Å²) in [5, 5.41) is 11.4. The number of ketones is 1. The van der Waals surface area contributed by atoms with E-state index in [-0.39, 0.29) is 22.9 Å². The van der Waals surface area contributed by atoms with E-state index in [0.29, 0.717) is 22.4 Å². The Balaban J connectivity index is 1.98. The SMILES string of the molecule is COc1cc(C)c(/C(O)=C2\C(=O)C(=O)N(c3ccc(F)c(F)c3)C2c2cccnc2)cc1C(C)C. The van der Waals surface area contributed by atoms with Crippen LogP contribution in [0.5, 0.6) is 5.75 Å². The first-order chi connectivity index (χ1) is 16.6. The van der Waals surface area contributed by atoms with Crippen molar-refractivity contribution >= 4 is 23.1 Å². The summed E-state index contributed by atoms with van der Waals surface area (Å²) in [4.78, 5) is 31.6. The smallest absolute Gasteiger partial charge is 0.300 e. The number of aliphatic hydroxyl groups excluding tert-OH is 1. The summed E-state index contributed by atoms with van der Waals surface area (Å²) < 4.78 is 33.1. The van der Waals surface area contributed by atoms with Crippen LogP contribution in [0.1, 0.15) is 48.1 Å². The van der Waals surface area contributed by atoms with Crippen molar-refractivity contribution in [3.05, 3.63) is 94.3 Å². The summed E-state index contributed by atoms with van der Waals surface area (Å²) in [6, 6.07) is 8.60. The van der Waals surface area contributed by atoms with Crippen LogP contribution in [0.4, 0.5) is 14.5 Å². The Morgan fingerprint density at radius 1 is 1.11 bits per heavy atom. The van der Waals surface area contributed by atoms with E-state index >= 15 is 0 Å². The van der Waals surface area contributed by atoms with E-state index in [2.05, 4.69) is 4.98 Å². The van der Waals surface area contributed by atoms with E-state index in [0.717, 1.165) is 22.6 Å². The van der Waals surface area contributed by atoms with Crippen LogP contribution in [0.3, 0.4) is 0 Å². The van der Waals surface area contributed by atoms with Crippen LogP contribution in [-0.2, 0) is 9.59 Å². The fourth-order valence-corrected chi connectivity index (χ4v) is 4.31. The molecule has 3 aromatic rings. The number of benzene rings is 2. The van der Waals surface area contributed by atoms with Crippen molar-refractivity contribution in [2.75, 3.05) is 12.0 Å². The number of anilines is 1. The number of hydrogen-bond donors (Lipinski definition) is 1. The lowest BCUT2D eigenvalue weighted by atomic mass is 9.91. The molecule has 1 unspecified atom stereocenters. The number of rotatable bonds is 5. The van der Waals surface area contributed by atoms with Gasteiger partial charge in [0.05, 0.1) is 18.7 Å². The van der Waals surface area contributed by atoms with Crippen LogP contribution in [0, 0.1) is 18.6 Å². The number of nitrogens with zero attached hydrogens (tertiary/aromatic N) is 2. The molecule has 35 heavy (non-hydrogen) atoms. The molecule has 0 aliphatic carbocycles. The minimum Gasteiger partial charge on any atom is -0.507 e. The summed E-state index contributed by atoms with van der Waals surface area (Å²) in [6.45, 7) is 5.69. The van der Waals surface area contributed by atoms with Crippen LogP contribution < -0.4 is 9.64 Å². The Hall–Kier alpha value is -4.07. The Morgan fingerprint density at radius 3 is 2.46 bits per heavy atom. The molecule has 1 amide bonds. The molecule has 1 aliphatic rings. The van der Waals surface area contributed by atoms with E-state index in [1.54, 1.807) is 38.3 Å². The molecule has 4 rings (SSSR count). The summed E-state index contributed by atoms with van der Waals surface area (Å²) in [6.07, 6.45) is 2.98. The van der Waals surface area contributed by atoms with Gasteiger partial charge in [0.25, 0.3) is 11.7 Å². The lowest BCUT2D eigenvalue weighted by Crippen LogP contribution is -2.29. The Morgan fingerprint density at radius 2 is 1.86 bits per heavy atom. The third-order valence-corrected chi connectivity index (χ3v) is 6.08. The van der Waals surface area contributed by atoms with E-state index in [9.17, 15) is 23.5 Å². The first-order valence-electron chi connectivity index (χ1n) is 11.0. The summed E-state index contributed by atoms with van der Waals surface area (Å²) in [7, 11) is 1.55. The minimum atomic E-state index is -1.16. The molecule has 2 heterocycles. The van der Waals surface area contributed by atoms with Crippen LogP contribution in [0.2, 0.25) is 0 Å². The number of halogens is 2. The topological polar surface area (TPSA) is 79.7 Å². The van der Waals surface area contributed by atoms with Gasteiger partial charge in [0.2, 0.25) is 0 Å². The second-order valence-electron chi connectivity index (χ2n) is 8.62. The van der Waals surface area contributed by atoms with Crippen molar-refractivity contribution in [1.29, 1.82) is 0 Å². The monoisotopic (exact) mass is 478 g/mol. The quantitative estimate of drug-likeness (QED) is 0.301. The fraction of sp³-hybridized carbons (Fsp3) is 0.222. The molecule has 1 aliphatic heterocycles. The van der Waals surface area contributed by atoms with E-state index in [4.69, 9.17) is 4.74 Å². The Labute approximate surface area is 201 Å². The molecule has 1 fully saturated rings. The van der Waals surface area contributed by atoms with E-state index in [1.807, 2.05) is 13.8 Å². The van der Waals surface area contributed by atoms with Crippen LogP contribution in [-0.4, -0.2) is 28.9 Å². The summed E-state index contributed by atoms with van der Waals surface area (Å²) in [5.41, 5.74) is 2.05. The number of pyridine rings is 1. The molecule has 1 atom stereocenters. The number of aromatic nitrogens is 1. The zero-order chi connectivity index (χ0) is 25.4. The molecule has 8 heteroatoms. The highest BCUT2D eigenvalue weighted by atomic mass is 19.2. The summed E-state index contributed by atoms with van der Waals surface area (Å²) in [5.74, 6) is -3.84. The van der Waals surface area contributed by atoms with Gasteiger partial charge in [-0.1, -0.05) is 19.9 Å². The molecule has 6 nitrogen and oxygen atoms in total. The Bertz CT molecular complexity index is 1350. The average molecular weight is 478 g/mol. The van der Waals surface area contributed by atoms with Gasteiger partial charge in [0.1, 0.15) is 11.5 Å². The largest absolute Gasteiger partial charge is 0.507 e. The maximum atomic E-state index is 14.1. The normalized spacial score (nSPS) is 17.3. The third-order valence-electron chi connectivity index (χ3n) is 6.08. The van der Waals surface area contributed by atoms with Crippen molar-refractivity contribution < 1.29 is 28.2 Å². The highest BCUT2D eigenvalue weighted by molar-refractivity contribution is 6.51. The molecule has 0 bridgehead atoms. The van der Waals surface area contributed by atoms with Gasteiger partial charge < -0.3 is 9.84 Å². The molecule has 0 spiro atoms. The lowest BCUT2D eigenvalue weighted by molar-refractivity contribution is -0.132. The van der Waals surface area contributed by atoms with Crippen LogP contribution in [0.25, 0.3) is 5.76 Å². The number of ether oxygens (including phenoxy) is 1. The number of carbonyl (C=O) groups excluding carboxylic acids is 2. The average Bonchev–Trinajstić information content (AvgIpc) is 3.11. The van der Waals surface area contributed by atoms with Crippen LogP contribution in [0.15, 0.2) is 60.4 Å². The van der Waals surface area contributed by atoms with Gasteiger partial charge in [0.15, 0.2) is 11.6 Å². The van der Waals surface area contributed by atoms with Crippen LogP contribution >= 0.6 is 0 Å². The lowest BCUT2D eigenvalue weighted by Gasteiger charge is -2.25. The highest BCUT2D eigenvalue weighted by Gasteiger charge is 2.47. The number of aliphatic hydroxyl groups is 1. The van der Waals surface area contributed by atoms with Gasteiger partial charge in [-0.25, -0.2) is 8.78 Å². The van der Waals surface area contributed by atoms with E-state index < -0.39 is 29.4 Å². The van der Waals surface area contributed by atoms with Gasteiger partial charge in [-0.3, -0.25) is 19.5 Å². The van der Waals surface area contributed by atoms with Gasteiger partial charge in [0, 0.05) is 29.7 Å². The van der Waals surface area contributed by atoms with Crippen molar-refractivity contribution in [2.45, 2.75) is 32.7 Å². The standard InChI is InChI=1S/C27H24F2N2O4/c1-14(2)18-12-19(15(3)10-22(18)35-4)25(32)23-24(16-6-5-9-30-13-16)31(27(34)26(23)33)17-7-8-20(28)21(29)11-17/h5-14,24,32H,1-4H3/b25-23+. The predicted molar refractivity (Wildman–Crippen MR) is 127 cm³/mol. The Kier molecular flexibility index (Phi) is 6.39. The first-order valence-corrected chi connectivity index (χ1v) is 11.0. The molecule has 1 aromatic heterocycles. The van der Waals surface area contributed by atoms with Gasteiger partial charge >= 0.3 is 0 Å². The number of amides is 1. The second kappa shape index (κ2) is 9.29. The van der Waals surface area contributed by atoms with E-state index in [1.165, 1.54) is 18.5 Å². The maximum absolute atomic E-state index is 14.1. The maximum Gasteiger partial charge on any atom is 0.300 e.